The molecule has 0 aromatic carbocycles. The van der Waals surface area contributed by atoms with Gasteiger partial charge in [0.2, 0.25) is 0 Å². The van der Waals surface area contributed by atoms with E-state index in [1.54, 1.807) is 40.2 Å². The molecule has 0 saturated heterocycles. The molecule has 0 radical (unpaired) electrons. The normalized spacial score (nSPS) is 10.6. The van der Waals surface area contributed by atoms with Gasteiger partial charge in [-0.1, -0.05) is 34.4 Å². The third-order valence-electron chi connectivity index (χ3n) is 2.98. The topological polar surface area (TPSA) is 36.9 Å². The molecule has 0 bridgehead atoms. The smallest absolute Gasteiger partial charge is 0.191 e. The van der Waals surface area contributed by atoms with Crippen LogP contribution in [0.3, 0.4) is 0 Å². The van der Waals surface area contributed by atoms with Crippen molar-refractivity contribution in [3.8, 4) is 20.3 Å². The third-order valence-corrected chi connectivity index (χ3v) is 7.06. The fourth-order valence-electron chi connectivity index (χ4n) is 1.90. The van der Waals surface area contributed by atoms with Crippen molar-refractivity contribution in [2.45, 2.75) is 23.6 Å². The lowest BCUT2D eigenvalue weighted by atomic mass is 10.4. The number of ether oxygens (including phenoxy) is 4. The van der Waals surface area contributed by atoms with Crippen LogP contribution in [-0.2, 0) is 0 Å². The third kappa shape index (κ3) is 2.95. The molecule has 116 valence electrons. The molecule has 2 heterocycles. The molecule has 21 heavy (non-hydrogen) atoms. The lowest BCUT2D eigenvalue weighted by Crippen LogP contribution is -1.86. The van der Waals surface area contributed by atoms with Gasteiger partial charge in [0.1, 0.15) is 0 Å². The number of thiophene rings is 2. The summed E-state index contributed by atoms with van der Waals surface area (Å²) in [5.74, 6) is 0. The van der Waals surface area contributed by atoms with Gasteiger partial charge < -0.3 is 18.9 Å². The highest BCUT2D eigenvalue weighted by Gasteiger charge is 2.23. The van der Waals surface area contributed by atoms with E-state index in [2.05, 4.69) is 0 Å². The van der Waals surface area contributed by atoms with E-state index in [-0.39, 0.29) is 0 Å². The van der Waals surface area contributed by atoms with Crippen molar-refractivity contribution in [2.75, 3.05) is 28.4 Å². The molecule has 0 saturated carbocycles. The molecule has 0 fully saturated rings. The predicted molar refractivity (Wildman–Crippen MR) is 88.4 cm³/mol. The van der Waals surface area contributed by atoms with Gasteiger partial charge in [0.05, 0.1) is 38.2 Å². The molecule has 0 aliphatic heterocycles. The summed E-state index contributed by atoms with van der Waals surface area (Å²) in [6.07, 6.45) is 0. The molecule has 0 aliphatic rings. The summed E-state index contributed by atoms with van der Waals surface area (Å²) in [6.45, 7) is 4.07. The van der Waals surface area contributed by atoms with E-state index in [0.717, 1.165) is 41.2 Å². The molecular formula is C14H18O4S3. The maximum absolute atomic E-state index is 5.48. The van der Waals surface area contributed by atoms with Crippen molar-refractivity contribution < 1.29 is 18.9 Å². The van der Waals surface area contributed by atoms with Gasteiger partial charge in [-0.05, 0) is 13.8 Å². The second-order valence-corrected chi connectivity index (χ2v) is 7.09. The monoisotopic (exact) mass is 346 g/mol. The Bertz CT molecular complexity index is 576. The zero-order chi connectivity index (χ0) is 15.6. The van der Waals surface area contributed by atoms with Crippen molar-refractivity contribution in [1.82, 2.24) is 0 Å². The minimum absolute atomic E-state index is 0.848. The average molecular weight is 346 g/mol. The second kappa shape index (κ2) is 6.81. The van der Waals surface area contributed by atoms with Crippen molar-refractivity contribution >= 4 is 34.4 Å². The summed E-state index contributed by atoms with van der Waals surface area (Å²) in [5, 5.41) is 3.43. The van der Waals surface area contributed by atoms with Gasteiger partial charge in [-0.25, -0.2) is 0 Å². The Labute approximate surface area is 137 Å². The highest BCUT2D eigenvalue weighted by Crippen LogP contribution is 2.54. The SMILES string of the molecule is COc1sc(OC)c(Sc2c(OC)sc(OC)c2C)c1C. The number of rotatable bonds is 6. The lowest BCUT2D eigenvalue weighted by Gasteiger charge is -2.06. The quantitative estimate of drug-likeness (QED) is 0.763. The first kappa shape index (κ1) is 16.3. The zero-order valence-corrected chi connectivity index (χ0v) is 15.3. The molecule has 0 spiro atoms. The van der Waals surface area contributed by atoms with Crippen molar-refractivity contribution in [2.24, 2.45) is 0 Å². The molecule has 2 aromatic heterocycles. The molecule has 2 aromatic rings. The second-order valence-electron chi connectivity index (χ2n) is 4.18. The highest BCUT2D eigenvalue weighted by atomic mass is 32.2. The summed E-state index contributed by atoms with van der Waals surface area (Å²) >= 11 is 4.63. The van der Waals surface area contributed by atoms with Gasteiger partial charge in [0.25, 0.3) is 0 Å². The van der Waals surface area contributed by atoms with Gasteiger partial charge in [0.15, 0.2) is 20.3 Å². The molecule has 4 nitrogen and oxygen atoms in total. The minimum Gasteiger partial charge on any atom is -0.487 e. The van der Waals surface area contributed by atoms with Crippen LogP contribution in [0.5, 0.6) is 20.3 Å². The first-order valence-electron chi connectivity index (χ1n) is 6.17. The number of methoxy groups -OCH3 is 4. The lowest BCUT2D eigenvalue weighted by molar-refractivity contribution is 0.415. The van der Waals surface area contributed by atoms with Gasteiger partial charge in [0, 0.05) is 11.1 Å². The molecule has 0 N–H and O–H groups in total. The summed E-state index contributed by atoms with van der Waals surface area (Å²) in [5.41, 5.74) is 2.16. The van der Waals surface area contributed by atoms with Crippen LogP contribution in [-0.4, -0.2) is 28.4 Å². The summed E-state index contributed by atoms with van der Waals surface area (Å²) in [7, 11) is 6.69. The Balaban J connectivity index is 2.47. The first-order chi connectivity index (χ1) is 10.1. The van der Waals surface area contributed by atoms with E-state index < -0.39 is 0 Å². The highest BCUT2D eigenvalue weighted by molar-refractivity contribution is 8.00. The fraction of sp³-hybridized carbons (Fsp3) is 0.429. The number of hydrogen-bond donors (Lipinski definition) is 0. The van der Waals surface area contributed by atoms with E-state index in [1.165, 1.54) is 22.7 Å². The molecule has 7 heteroatoms. The first-order valence-corrected chi connectivity index (χ1v) is 8.62. The molecule has 2 rings (SSSR count). The van der Waals surface area contributed by atoms with Gasteiger partial charge in [-0.15, -0.1) is 0 Å². The predicted octanol–water partition coefficient (Wildman–Crippen LogP) is 4.61. The molecule has 0 amide bonds. The zero-order valence-electron chi connectivity index (χ0n) is 12.9. The van der Waals surface area contributed by atoms with E-state index in [1.807, 2.05) is 13.8 Å². The van der Waals surface area contributed by atoms with E-state index >= 15 is 0 Å². The minimum atomic E-state index is 0.848. The summed E-state index contributed by atoms with van der Waals surface area (Å²) < 4.78 is 21.7. The van der Waals surface area contributed by atoms with Crippen LogP contribution in [0.25, 0.3) is 0 Å². The molecule has 0 unspecified atom stereocenters. The van der Waals surface area contributed by atoms with Crippen LogP contribution in [0.15, 0.2) is 9.79 Å². The van der Waals surface area contributed by atoms with Crippen molar-refractivity contribution in [3.05, 3.63) is 11.1 Å². The average Bonchev–Trinajstić information content (AvgIpc) is 2.98. The maximum atomic E-state index is 5.48. The number of hydrogen-bond acceptors (Lipinski definition) is 7. The summed E-state index contributed by atoms with van der Waals surface area (Å²) in [4.78, 5) is 2.11. The molecular weight excluding hydrogens is 328 g/mol. The van der Waals surface area contributed by atoms with Gasteiger partial charge in [-0.2, -0.15) is 0 Å². The van der Waals surface area contributed by atoms with Crippen LogP contribution in [0.1, 0.15) is 11.1 Å². The maximum Gasteiger partial charge on any atom is 0.191 e. The Morgan fingerprint density at radius 3 is 1.24 bits per heavy atom. The van der Waals surface area contributed by atoms with Crippen LogP contribution in [0.2, 0.25) is 0 Å². The van der Waals surface area contributed by atoms with Crippen molar-refractivity contribution in [1.29, 1.82) is 0 Å². The van der Waals surface area contributed by atoms with E-state index in [0.29, 0.717) is 0 Å². The van der Waals surface area contributed by atoms with Crippen LogP contribution in [0.4, 0.5) is 0 Å². The van der Waals surface area contributed by atoms with Crippen LogP contribution >= 0.6 is 34.4 Å². The fourth-order valence-corrected chi connectivity index (χ4v) is 5.23. The Morgan fingerprint density at radius 2 is 0.952 bits per heavy atom. The Kier molecular flexibility index (Phi) is 5.29. The van der Waals surface area contributed by atoms with Crippen molar-refractivity contribution in [3.63, 3.8) is 0 Å². The van der Waals surface area contributed by atoms with E-state index in [4.69, 9.17) is 18.9 Å². The summed E-state index contributed by atoms with van der Waals surface area (Å²) in [6, 6.07) is 0. The molecule has 0 aliphatic carbocycles. The largest absolute Gasteiger partial charge is 0.487 e. The Morgan fingerprint density at radius 1 is 0.619 bits per heavy atom. The van der Waals surface area contributed by atoms with Gasteiger partial charge >= 0.3 is 0 Å². The Hall–Kier alpha value is -1.05. The van der Waals surface area contributed by atoms with Crippen LogP contribution < -0.4 is 18.9 Å². The van der Waals surface area contributed by atoms with E-state index in [9.17, 15) is 0 Å². The van der Waals surface area contributed by atoms with Gasteiger partial charge in [-0.3, -0.25) is 0 Å². The molecule has 0 atom stereocenters. The van der Waals surface area contributed by atoms with Crippen LogP contribution in [0, 0.1) is 13.8 Å². The standard InChI is InChI=1S/C14H18O4S3/c1-7-9(13(17-5)20-11(7)15-3)19-10-8(2)12(16-4)21-14(10)18-6/h1-6H3.